The Labute approximate surface area is 230 Å². The van der Waals surface area contributed by atoms with Crippen LogP contribution in [0.1, 0.15) is 42.9 Å². The summed E-state index contributed by atoms with van der Waals surface area (Å²) >= 11 is 0. The van der Waals surface area contributed by atoms with Gasteiger partial charge in [-0.3, -0.25) is 0 Å². The third kappa shape index (κ3) is 6.55. The molecule has 0 saturated heterocycles. The third-order valence-corrected chi connectivity index (χ3v) is 6.78. The largest absolute Gasteiger partial charge is 0.489 e. The summed E-state index contributed by atoms with van der Waals surface area (Å²) in [5.74, 6) is 0.289. The number of benzene rings is 3. The van der Waals surface area contributed by atoms with E-state index in [9.17, 15) is 9.59 Å². The van der Waals surface area contributed by atoms with E-state index in [-0.39, 0.29) is 5.92 Å². The van der Waals surface area contributed by atoms with Gasteiger partial charge in [-0.2, -0.15) is 0 Å². The predicted molar refractivity (Wildman–Crippen MR) is 155 cm³/mol. The number of rotatable bonds is 10. The predicted octanol–water partition coefficient (Wildman–Crippen LogP) is 7.52. The van der Waals surface area contributed by atoms with Gasteiger partial charge < -0.3 is 14.2 Å². The molecule has 0 radical (unpaired) electrons. The van der Waals surface area contributed by atoms with Crippen LogP contribution in [0.2, 0.25) is 0 Å². The molecule has 200 valence electrons. The maximum Gasteiger partial charge on any atom is 0.338 e. The highest BCUT2D eigenvalue weighted by Crippen LogP contribution is 2.39. The lowest BCUT2D eigenvalue weighted by molar-refractivity contribution is -0.138. The number of carbonyl (C=O) groups is 2. The van der Waals surface area contributed by atoms with Gasteiger partial charge in [0.1, 0.15) is 18.1 Å². The van der Waals surface area contributed by atoms with Crippen LogP contribution in [0.4, 0.5) is 0 Å². The molecule has 3 aromatic rings. The van der Waals surface area contributed by atoms with Crippen LogP contribution in [0.25, 0.3) is 22.3 Å². The van der Waals surface area contributed by atoms with Gasteiger partial charge in [0.2, 0.25) is 0 Å². The summed E-state index contributed by atoms with van der Waals surface area (Å²) in [6, 6.07) is 18.2. The van der Waals surface area contributed by atoms with Crippen LogP contribution in [0.3, 0.4) is 0 Å². The van der Waals surface area contributed by atoms with Crippen molar-refractivity contribution < 1.29 is 23.8 Å². The van der Waals surface area contributed by atoms with Crippen molar-refractivity contribution in [2.75, 3.05) is 13.2 Å². The fraction of sp³-hybridized carbons (Fsp3) is 0.235. The van der Waals surface area contributed by atoms with Gasteiger partial charge >= 0.3 is 11.9 Å². The minimum absolute atomic E-state index is 0.180. The topological polar surface area (TPSA) is 61.8 Å². The molecule has 0 N–H and O–H groups in total. The molecule has 39 heavy (non-hydrogen) atoms. The monoisotopic (exact) mass is 522 g/mol. The van der Waals surface area contributed by atoms with Gasteiger partial charge in [-0.1, -0.05) is 56.1 Å². The molecule has 1 aliphatic carbocycles. The standard InChI is InChI=1S/C34H34O5/c1-7-33(35)38-20-27-11-9-24-8-10-26(17-31(24)27)29-14-12-25(16-23(29)6)30-15-13-28(37-19-21(2)3)18-32(30)39-34(36)22(4)5/h7-8,10,12-18,27H,1-2,4,9,11,19-20H2,3,5-6H3. The fourth-order valence-corrected chi connectivity index (χ4v) is 4.73. The van der Waals surface area contributed by atoms with Crippen LogP contribution < -0.4 is 9.47 Å². The number of hydrogen-bond donors (Lipinski definition) is 0. The quantitative estimate of drug-likeness (QED) is 0.119. The van der Waals surface area contributed by atoms with Gasteiger partial charge in [-0.15, -0.1) is 0 Å². The SMILES string of the molecule is C=CC(=O)OCC1CCc2ccc(-c3ccc(-c4ccc(OCC(=C)C)cc4OC(=O)C(=C)C)cc3C)cc21. The summed E-state index contributed by atoms with van der Waals surface area (Å²) in [5, 5.41) is 0. The minimum Gasteiger partial charge on any atom is -0.489 e. The first kappa shape index (κ1) is 27.6. The first-order valence-electron chi connectivity index (χ1n) is 13.0. The van der Waals surface area contributed by atoms with E-state index in [1.54, 1.807) is 13.0 Å². The molecule has 0 saturated carbocycles. The molecule has 1 atom stereocenters. The molecular formula is C34H34O5. The number of ether oxygens (including phenoxy) is 3. The van der Waals surface area contributed by atoms with Gasteiger partial charge in [0.15, 0.2) is 0 Å². The average Bonchev–Trinajstić information content (AvgIpc) is 3.32. The van der Waals surface area contributed by atoms with E-state index in [1.807, 2.05) is 25.1 Å². The first-order chi connectivity index (χ1) is 18.7. The Morgan fingerprint density at radius 3 is 2.38 bits per heavy atom. The second kappa shape index (κ2) is 12.0. The van der Waals surface area contributed by atoms with E-state index in [0.717, 1.165) is 46.2 Å². The van der Waals surface area contributed by atoms with Crippen molar-refractivity contribution in [1.82, 2.24) is 0 Å². The van der Waals surface area contributed by atoms with Crippen molar-refractivity contribution in [3.8, 4) is 33.8 Å². The molecular weight excluding hydrogens is 488 g/mol. The van der Waals surface area contributed by atoms with E-state index < -0.39 is 11.9 Å². The zero-order valence-electron chi connectivity index (χ0n) is 22.8. The van der Waals surface area contributed by atoms with E-state index in [2.05, 4.69) is 57.0 Å². The Balaban J connectivity index is 1.64. The Kier molecular flexibility index (Phi) is 8.50. The van der Waals surface area contributed by atoms with Crippen LogP contribution in [0.15, 0.2) is 91.6 Å². The van der Waals surface area contributed by atoms with Crippen molar-refractivity contribution in [1.29, 1.82) is 0 Å². The number of hydrogen-bond acceptors (Lipinski definition) is 5. The Morgan fingerprint density at radius 1 is 0.974 bits per heavy atom. The van der Waals surface area contributed by atoms with Gasteiger partial charge in [0, 0.05) is 29.2 Å². The molecule has 1 aliphatic rings. The molecule has 0 heterocycles. The lowest BCUT2D eigenvalue weighted by atomic mass is 9.92. The Morgan fingerprint density at radius 2 is 1.69 bits per heavy atom. The molecule has 0 spiro atoms. The molecule has 5 nitrogen and oxygen atoms in total. The van der Waals surface area contributed by atoms with Gasteiger partial charge in [-0.25, -0.2) is 9.59 Å². The summed E-state index contributed by atoms with van der Waals surface area (Å²) in [6.45, 7) is 17.4. The number of fused-ring (bicyclic) bond motifs is 1. The van der Waals surface area contributed by atoms with Gasteiger partial charge in [0.05, 0.1) is 6.61 Å². The third-order valence-electron chi connectivity index (χ3n) is 6.78. The number of aryl methyl sites for hydroxylation is 2. The van der Waals surface area contributed by atoms with Crippen LogP contribution in [-0.2, 0) is 20.7 Å². The van der Waals surface area contributed by atoms with Crippen LogP contribution >= 0.6 is 0 Å². The molecule has 5 heteroatoms. The molecule has 1 unspecified atom stereocenters. The summed E-state index contributed by atoms with van der Waals surface area (Å²) in [7, 11) is 0. The molecule has 0 aromatic heterocycles. The molecule has 0 fully saturated rings. The molecule has 0 bridgehead atoms. The summed E-state index contributed by atoms with van der Waals surface area (Å²) in [4.78, 5) is 24.0. The van der Waals surface area contributed by atoms with E-state index in [1.165, 1.54) is 17.2 Å². The second-order valence-electron chi connectivity index (χ2n) is 10.1. The van der Waals surface area contributed by atoms with Crippen LogP contribution in [-0.4, -0.2) is 25.2 Å². The lowest BCUT2D eigenvalue weighted by Gasteiger charge is -2.16. The molecule has 4 rings (SSSR count). The summed E-state index contributed by atoms with van der Waals surface area (Å²) in [5.41, 5.74) is 8.73. The normalized spacial score (nSPS) is 13.8. The highest BCUT2D eigenvalue weighted by molar-refractivity contribution is 5.90. The van der Waals surface area contributed by atoms with Crippen LogP contribution in [0.5, 0.6) is 11.5 Å². The zero-order valence-corrected chi connectivity index (χ0v) is 22.8. The summed E-state index contributed by atoms with van der Waals surface area (Å²) in [6.07, 6.45) is 3.13. The van der Waals surface area contributed by atoms with Crippen molar-refractivity contribution >= 4 is 11.9 Å². The van der Waals surface area contributed by atoms with E-state index in [4.69, 9.17) is 14.2 Å². The zero-order chi connectivity index (χ0) is 28.1. The second-order valence-corrected chi connectivity index (χ2v) is 10.1. The van der Waals surface area contributed by atoms with Crippen molar-refractivity contribution in [3.63, 3.8) is 0 Å². The van der Waals surface area contributed by atoms with Gasteiger partial charge in [0.25, 0.3) is 0 Å². The van der Waals surface area contributed by atoms with Crippen LogP contribution in [0, 0.1) is 6.92 Å². The number of carbonyl (C=O) groups excluding carboxylic acids is 2. The maximum absolute atomic E-state index is 12.4. The van der Waals surface area contributed by atoms with Crippen molar-refractivity contribution in [2.45, 2.75) is 39.5 Å². The average molecular weight is 523 g/mol. The lowest BCUT2D eigenvalue weighted by Crippen LogP contribution is -2.09. The van der Waals surface area contributed by atoms with E-state index in [0.29, 0.717) is 30.3 Å². The highest BCUT2D eigenvalue weighted by Gasteiger charge is 2.24. The fourth-order valence-electron chi connectivity index (χ4n) is 4.73. The van der Waals surface area contributed by atoms with E-state index >= 15 is 0 Å². The maximum atomic E-state index is 12.4. The molecule has 3 aromatic carbocycles. The highest BCUT2D eigenvalue weighted by atomic mass is 16.5. The smallest absolute Gasteiger partial charge is 0.338 e. The van der Waals surface area contributed by atoms with Crippen molar-refractivity contribution in [2.24, 2.45) is 0 Å². The molecule has 0 aliphatic heterocycles. The van der Waals surface area contributed by atoms with Gasteiger partial charge in [-0.05, 0) is 84.7 Å². The Hall–Kier alpha value is -4.38. The number of esters is 2. The van der Waals surface area contributed by atoms with Crippen molar-refractivity contribution in [3.05, 3.63) is 108 Å². The first-order valence-corrected chi connectivity index (χ1v) is 13.0. The molecule has 0 amide bonds. The Bertz CT molecular complexity index is 1460. The minimum atomic E-state index is -0.492. The summed E-state index contributed by atoms with van der Waals surface area (Å²) < 4.78 is 16.8.